The number of methoxy groups -OCH3 is 1. The molecule has 0 radical (unpaired) electrons. The summed E-state index contributed by atoms with van der Waals surface area (Å²) in [6, 6.07) is 8.65. The van der Waals surface area contributed by atoms with Crippen LogP contribution < -0.4 is 24.8 Å². The van der Waals surface area contributed by atoms with Crippen molar-refractivity contribution < 1.29 is 59.4 Å². The molecule has 2 aromatic heterocycles. The number of ether oxygens (including phenoxy) is 3. The van der Waals surface area contributed by atoms with E-state index in [0.29, 0.717) is 59.9 Å². The first-order valence-electron chi connectivity index (χ1n) is 21.3. The fraction of sp³-hybridized carbons (Fsp3) is 0.489. The quantitative estimate of drug-likeness (QED) is 0.155. The van der Waals surface area contributed by atoms with Gasteiger partial charge in [-0.1, -0.05) is 37.1 Å². The second-order valence-electron chi connectivity index (χ2n) is 17.9. The molecule has 4 aromatic rings. The first-order chi connectivity index (χ1) is 30.2. The van der Waals surface area contributed by atoms with Gasteiger partial charge in [-0.05, 0) is 89.6 Å². The predicted molar refractivity (Wildman–Crippen MR) is 227 cm³/mol. The molecular formula is C45H50F3N5O10S. The number of fused-ring (bicyclic) bond motifs is 5. The van der Waals surface area contributed by atoms with Crippen LogP contribution in [0.25, 0.3) is 33.3 Å². The summed E-state index contributed by atoms with van der Waals surface area (Å²) in [5, 5.41) is 5.38. The van der Waals surface area contributed by atoms with Crippen LogP contribution in [0.1, 0.15) is 84.1 Å². The number of sulfonamides is 1. The maximum Gasteiger partial charge on any atom is 0.416 e. The van der Waals surface area contributed by atoms with Gasteiger partial charge in [0.15, 0.2) is 11.3 Å². The summed E-state index contributed by atoms with van der Waals surface area (Å²) < 4.78 is 92.6. The molecule has 3 fully saturated rings. The second-order valence-corrected chi connectivity index (χ2v) is 19.9. The number of halogens is 3. The number of nitrogens with one attached hydrogen (secondary N) is 3. The number of carbonyl (C=O) groups excluding carboxylic acids is 4. The van der Waals surface area contributed by atoms with Crippen molar-refractivity contribution in [2.75, 3.05) is 13.7 Å². The van der Waals surface area contributed by atoms with E-state index in [-0.39, 0.29) is 42.8 Å². The number of rotatable bonds is 8. The largest absolute Gasteiger partial charge is 0.497 e. The number of hydrogen-bond acceptors (Lipinski definition) is 11. The van der Waals surface area contributed by atoms with Crippen LogP contribution in [-0.2, 0) is 35.3 Å². The number of allylic oxidation sites excluding steroid dienone is 1. The summed E-state index contributed by atoms with van der Waals surface area (Å²) in [5.41, 5.74) is -1.86. The average molecular weight is 910 g/mol. The van der Waals surface area contributed by atoms with E-state index >= 15 is 0 Å². The van der Waals surface area contributed by atoms with Crippen LogP contribution in [0.4, 0.5) is 18.0 Å². The van der Waals surface area contributed by atoms with Crippen LogP contribution in [0.15, 0.2) is 65.1 Å². The lowest BCUT2D eigenvalue weighted by atomic mass is 10.0. The molecule has 8 rings (SSSR count). The van der Waals surface area contributed by atoms with Crippen molar-refractivity contribution in [1.29, 1.82) is 0 Å². The standard InChI is InChI=1S/C45H50F3N5O10S/c1-43(2,3)63-42(57)50-32-11-9-7-5-6-8-10-27-23-44(27,41(56)52-64(58,59)30-17-18-30)51-39(54)34-21-29(24-53(34)40(32)55)61-36-22-33(25-12-14-26(15-13-25)45(46,47)48)49-37-31-20-28(60-4)16-19-35(31)62-38(36)37/h8,10,12-16,19-20,22,27,29-30,32,34H,5-7,9,11,17-18,21,23-24H2,1-4H3,(H,50,57)(H,51,54)(H,52,56)/b10-8-/t27-,29+,32-,34-,44+/m0/s1. The van der Waals surface area contributed by atoms with Gasteiger partial charge in [0.05, 0.1) is 35.5 Å². The van der Waals surface area contributed by atoms with Crippen LogP contribution in [0.3, 0.4) is 0 Å². The topological polar surface area (TPSA) is 195 Å². The van der Waals surface area contributed by atoms with Gasteiger partial charge in [-0.2, -0.15) is 13.2 Å². The maximum atomic E-state index is 14.7. The molecule has 19 heteroatoms. The Bertz CT molecular complexity index is 2620. The summed E-state index contributed by atoms with van der Waals surface area (Å²) in [6.07, 6.45) is 1.04. The van der Waals surface area contributed by atoms with Gasteiger partial charge >= 0.3 is 12.3 Å². The highest BCUT2D eigenvalue weighted by molar-refractivity contribution is 7.91. The molecule has 1 saturated heterocycles. The van der Waals surface area contributed by atoms with Gasteiger partial charge in [0.25, 0.3) is 5.91 Å². The number of furan rings is 1. The van der Waals surface area contributed by atoms with Crippen LogP contribution >= 0.6 is 0 Å². The van der Waals surface area contributed by atoms with E-state index in [1.54, 1.807) is 39.0 Å². The van der Waals surface area contributed by atoms with Gasteiger partial charge in [0.1, 0.15) is 46.2 Å². The molecule has 342 valence electrons. The molecule has 4 aliphatic rings. The van der Waals surface area contributed by atoms with Crippen LogP contribution in [-0.4, -0.2) is 90.3 Å². The highest BCUT2D eigenvalue weighted by Gasteiger charge is 2.62. The molecule has 2 aromatic carbocycles. The summed E-state index contributed by atoms with van der Waals surface area (Å²) in [6.45, 7) is 4.87. The van der Waals surface area contributed by atoms with E-state index in [1.807, 2.05) is 12.2 Å². The zero-order chi connectivity index (χ0) is 45.8. The monoisotopic (exact) mass is 909 g/mol. The Hall–Kier alpha value is -5.85. The number of alkyl carbamates (subject to hydrolysis) is 1. The lowest BCUT2D eigenvalue weighted by Gasteiger charge is -2.30. The number of benzene rings is 2. The summed E-state index contributed by atoms with van der Waals surface area (Å²) in [7, 11) is -2.49. The molecule has 4 amide bonds. The second kappa shape index (κ2) is 16.9. The minimum atomic E-state index is -4.57. The lowest BCUT2D eigenvalue weighted by Crippen LogP contribution is -2.58. The molecule has 15 nitrogen and oxygen atoms in total. The minimum absolute atomic E-state index is 0.118. The smallest absolute Gasteiger partial charge is 0.416 e. The molecule has 2 aliphatic carbocycles. The van der Waals surface area contributed by atoms with Gasteiger partial charge in [0.2, 0.25) is 21.8 Å². The number of nitrogens with zero attached hydrogens (tertiary/aromatic N) is 2. The van der Waals surface area contributed by atoms with E-state index < -0.39 is 86.1 Å². The van der Waals surface area contributed by atoms with Crippen molar-refractivity contribution in [3.05, 3.63) is 66.2 Å². The van der Waals surface area contributed by atoms with E-state index in [0.717, 1.165) is 18.6 Å². The average Bonchev–Trinajstić information content (AvgIpc) is 4.13. The number of hydrogen-bond donors (Lipinski definition) is 3. The molecule has 2 saturated carbocycles. The van der Waals surface area contributed by atoms with Gasteiger partial charge in [0, 0.05) is 24.0 Å². The third kappa shape index (κ3) is 9.49. The number of carbonyl (C=O) groups is 4. The van der Waals surface area contributed by atoms with E-state index in [9.17, 15) is 40.8 Å². The van der Waals surface area contributed by atoms with Gasteiger partial charge in [-0.15, -0.1) is 0 Å². The number of alkyl halides is 3. The maximum absolute atomic E-state index is 14.7. The van der Waals surface area contributed by atoms with Crippen LogP contribution in [0.2, 0.25) is 0 Å². The van der Waals surface area contributed by atoms with Gasteiger partial charge in [-0.25, -0.2) is 18.2 Å². The molecule has 2 aliphatic heterocycles. The highest BCUT2D eigenvalue weighted by atomic mass is 32.2. The molecule has 5 atom stereocenters. The van der Waals surface area contributed by atoms with Crippen molar-refractivity contribution in [2.24, 2.45) is 5.92 Å². The zero-order valence-electron chi connectivity index (χ0n) is 35.8. The van der Waals surface area contributed by atoms with Crippen LogP contribution in [0.5, 0.6) is 11.5 Å². The first-order valence-corrected chi connectivity index (χ1v) is 22.9. The predicted octanol–water partition coefficient (Wildman–Crippen LogP) is 6.92. The Morgan fingerprint density at radius 2 is 1.75 bits per heavy atom. The fourth-order valence-electron chi connectivity index (χ4n) is 8.35. The molecule has 4 heterocycles. The van der Waals surface area contributed by atoms with Crippen molar-refractivity contribution >= 4 is 55.9 Å². The minimum Gasteiger partial charge on any atom is -0.497 e. The van der Waals surface area contributed by atoms with Crippen molar-refractivity contribution in [2.45, 2.75) is 119 Å². The number of pyridine rings is 1. The van der Waals surface area contributed by atoms with Crippen LogP contribution in [0, 0.1) is 5.92 Å². The number of amides is 4. The van der Waals surface area contributed by atoms with Gasteiger partial charge in [-0.3, -0.25) is 19.1 Å². The molecule has 3 N–H and O–H groups in total. The summed E-state index contributed by atoms with van der Waals surface area (Å²) in [5.74, 6) is -2.11. The Morgan fingerprint density at radius 1 is 1.00 bits per heavy atom. The molecule has 0 bridgehead atoms. The summed E-state index contributed by atoms with van der Waals surface area (Å²) >= 11 is 0. The van der Waals surface area contributed by atoms with Crippen molar-refractivity contribution in [1.82, 2.24) is 25.2 Å². The molecule has 0 unspecified atom stereocenters. The first kappa shape index (κ1) is 44.7. The molecule has 0 spiro atoms. The Labute approximate surface area is 367 Å². The Kier molecular flexibility index (Phi) is 11.8. The molecular weight excluding hydrogens is 860 g/mol. The van der Waals surface area contributed by atoms with E-state index in [4.69, 9.17) is 23.6 Å². The third-order valence-corrected chi connectivity index (χ3v) is 13.7. The molecule has 64 heavy (non-hydrogen) atoms. The Balaban J connectivity index is 1.16. The van der Waals surface area contributed by atoms with E-state index in [2.05, 4.69) is 15.4 Å². The zero-order valence-corrected chi connectivity index (χ0v) is 36.6. The SMILES string of the molecule is COc1ccc2oc3c(O[C@@H]4C[C@H]5C(=O)N[C@]6(C(=O)NS(=O)(=O)C7CC7)C[C@@H]6/C=C\CCCCC[C@H](NC(=O)OC(C)(C)C)C(=O)N5C4)cc(-c4ccc(C(F)(F)F)cc4)nc3c2c1. The normalized spacial score (nSPS) is 25.0. The third-order valence-electron chi connectivity index (χ3n) is 11.9. The van der Waals surface area contributed by atoms with E-state index in [1.165, 1.54) is 30.2 Å². The lowest BCUT2D eigenvalue weighted by molar-refractivity contribution is -0.141. The van der Waals surface area contributed by atoms with Gasteiger partial charge < -0.3 is 34.2 Å². The number of aromatic nitrogens is 1. The van der Waals surface area contributed by atoms with Crippen molar-refractivity contribution in [3.63, 3.8) is 0 Å². The Morgan fingerprint density at radius 3 is 2.44 bits per heavy atom. The highest BCUT2D eigenvalue weighted by Crippen LogP contribution is 2.46. The summed E-state index contributed by atoms with van der Waals surface area (Å²) in [4.78, 5) is 62.5. The van der Waals surface area contributed by atoms with Crippen molar-refractivity contribution in [3.8, 4) is 22.8 Å². The fourth-order valence-corrected chi connectivity index (χ4v) is 9.72.